The van der Waals surface area contributed by atoms with E-state index >= 15 is 0 Å². The average molecular weight is 528 g/mol. The van der Waals surface area contributed by atoms with Crippen LogP contribution in [-0.4, -0.2) is 46.6 Å². The van der Waals surface area contributed by atoms with Gasteiger partial charge in [-0.25, -0.2) is 4.99 Å². The highest BCUT2D eigenvalue weighted by Gasteiger charge is 2.13. The maximum absolute atomic E-state index is 5.98. The van der Waals surface area contributed by atoms with Crippen molar-refractivity contribution in [1.29, 1.82) is 0 Å². The predicted molar refractivity (Wildman–Crippen MR) is 128 cm³/mol. The van der Waals surface area contributed by atoms with E-state index in [-0.39, 0.29) is 24.0 Å². The van der Waals surface area contributed by atoms with Gasteiger partial charge in [-0.2, -0.15) is 0 Å². The Bertz CT molecular complexity index is 787. The average Bonchev–Trinajstić information content (AvgIpc) is 3.08. The lowest BCUT2D eigenvalue weighted by atomic mass is 10.1. The molecule has 1 aliphatic heterocycles. The van der Waals surface area contributed by atoms with Gasteiger partial charge >= 0.3 is 0 Å². The van der Waals surface area contributed by atoms with Crippen molar-refractivity contribution < 1.29 is 9.47 Å². The second-order valence-corrected chi connectivity index (χ2v) is 7.21. The highest BCUT2D eigenvalue weighted by Crippen LogP contribution is 2.14. The molecule has 0 aliphatic carbocycles. The van der Waals surface area contributed by atoms with Crippen molar-refractivity contribution in [2.75, 3.05) is 19.8 Å². The molecule has 1 aromatic carbocycles. The molecule has 9 heteroatoms. The number of aliphatic imine (C=N–C) groups is 1. The first kappa shape index (κ1) is 24.5. The van der Waals surface area contributed by atoms with Crippen LogP contribution in [0.15, 0.2) is 29.3 Å². The van der Waals surface area contributed by atoms with Gasteiger partial charge in [0.25, 0.3) is 0 Å². The van der Waals surface area contributed by atoms with E-state index < -0.39 is 0 Å². The molecule has 0 unspecified atom stereocenters. The van der Waals surface area contributed by atoms with Crippen LogP contribution in [0.1, 0.15) is 42.5 Å². The minimum Gasteiger partial charge on any atom is -0.381 e. The normalized spacial score (nSPS) is 15.0. The third kappa shape index (κ3) is 7.51. The van der Waals surface area contributed by atoms with Gasteiger partial charge in [-0.3, -0.25) is 0 Å². The monoisotopic (exact) mass is 528 g/mol. The lowest BCUT2D eigenvalue weighted by Crippen LogP contribution is -2.37. The summed E-state index contributed by atoms with van der Waals surface area (Å²) in [5.74, 6) is 2.53. The number of benzene rings is 1. The Morgan fingerprint density at radius 1 is 1.17 bits per heavy atom. The summed E-state index contributed by atoms with van der Waals surface area (Å²) in [4.78, 5) is 4.68. The molecule has 0 atom stereocenters. The Balaban J connectivity index is 0.00000320. The number of aromatic nitrogens is 3. The summed E-state index contributed by atoms with van der Waals surface area (Å²) < 4.78 is 13.3. The number of halogens is 1. The number of nitrogens with zero attached hydrogens (tertiary/aromatic N) is 4. The van der Waals surface area contributed by atoms with E-state index in [2.05, 4.69) is 57.0 Å². The molecule has 2 N–H and O–H groups in total. The minimum absolute atomic E-state index is 0. The molecule has 30 heavy (non-hydrogen) atoms. The maximum atomic E-state index is 5.98. The van der Waals surface area contributed by atoms with Crippen LogP contribution in [0.5, 0.6) is 0 Å². The van der Waals surface area contributed by atoms with E-state index in [1.807, 2.05) is 18.5 Å². The van der Waals surface area contributed by atoms with Gasteiger partial charge in [-0.1, -0.05) is 24.3 Å². The zero-order chi connectivity index (χ0) is 20.5. The van der Waals surface area contributed by atoms with E-state index in [0.717, 1.165) is 55.8 Å². The molecule has 166 valence electrons. The molecule has 8 nitrogen and oxygen atoms in total. The molecule has 2 heterocycles. The van der Waals surface area contributed by atoms with E-state index in [4.69, 9.17) is 9.47 Å². The molecule has 1 saturated heterocycles. The van der Waals surface area contributed by atoms with Gasteiger partial charge in [-0.15, -0.1) is 34.2 Å². The van der Waals surface area contributed by atoms with E-state index in [0.29, 0.717) is 25.8 Å². The second-order valence-electron chi connectivity index (χ2n) is 7.21. The van der Waals surface area contributed by atoms with E-state index in [1.54, 1.807) is 0 Å². The fraction of sp³-hybridized carbons (Fsp3) is 0.571. The Labute approximate surface area is 195 Å². The van der Waals surface area contributed by atoms with Crippen LogP contribution < -0.4 is 10.6 Å². The molecular weight excluding hydrogens is 495 g/mol. The third-order valence-corrected chi connectivity index (χ3v) is 5.04. The quantitative estimate of drug-likeness (QED) is 0.312. The fourth-order valence-corrected chi connectivity index (χ4v) is 3.08. The van der Waals surface area contributed by atoms with Gasteiger partial charge in [0, 0.05) is 26.8 Å². The van der Waals surface area contributed by atoms with E-state index in [1.165, 1.54) is 5.56 Å². The molecule has 1 aliphatic rings. The van der Waals surface area contributed by atoms with Gasteiger partial charge in [0.2, 0.25) is 0 Å². The van der Waals surface area contributed by atoms with Gasteiger partial charge in [0.05, 0.1) is 25.8 Å². The highest BCUT2D eigenvalue weighted by atomic mass is 127. The lowest BCUT2D eigenvalue weighted by molar-refractivity contribution is -0.0390. The van der Waals surface area contributed by atoms with E-state index in [9.17, 15) is 0 Å². The number of aryl methyl sites for hydroxylation is 1. The summed E-state index contributed by atoms with van der Waals surface area (Å²) in [6, 6.07) is 8.46. The SMILES string of the molecule is CCNC(=NCc1ccc(COC2CCOCC2)cc1)NCc1nnc(C)n1C.I. The molecule has 0 spiro atoms. The van der Waals surface area contributed by atoms with Crippen LogP contribution in [0.3, 0.4) is 0 Å². The molecular formula is C21H33IN6O2. The fourth-order valence-electron chi connectivity index (χ4n) is 3.08. The molecule has 1 aromatic heterocycles. The number of rotatable bonds is 8. The smallest absolute Gasteiger partial charge is 0.191 e. The predicted octanol–water partition coefficient (Wildman–Crippen LogP) is 2.69. The molecule has 3 rings (SSSR count). The molecule has 0 radical (unpaired) electrons. The first-order valence-electron chi connectivity index (χ1n) is 10.3. The van der Waals surface area contributed by atoms with Crippen molar-refractivity contribution in [2.24, 2.45) is 12.0 Å². The Hall–Kier alpha value is -1.72. The Morgan fingerprint density at radius 3 is 2.50 bits per heavy atom. The van der Waals surface area contributed by atoms with Crippen molar-refractivity contribution in [1.82, 2.24) is 25.4 Å². The standard InChI is InChI=1S/C21H32N6O2.HI/c1-4-22-21(24-14-20-26-25-16(2)27(20)3)23-13-17-5-7-18(8-6-17)15-29-19-9-11-28-12-10-19;/h5-8,19H,4,9-15H2,1-3H3,(H2,22,23,24);1H. The maximum Gasteiger partial charge on any atom is 0.191 e. The summed E-state index contributed by atoms with van der Waals surface area (Å²) in [6.07, 6.45) is 2.29. The van der Waals surface area contributed by atoms with Crippen molar-refractivity contribution in [3.8, 4) is 0 Å². The van der Waals surface area contributed by atoms with Gasteiger partial charge in [0.15, 0.2) is 11.8 Å². The lowest BCUT2D eigenvalue weighted by Gasteiger charge is -2.22. The zero-order valence-corrected chi connectivity index (χ0v) is 20.4. The van der Waals surface area contributed by atoms with Crippen molar-refractivity contribution >= 4 is 29.9 Å². The summed E-state index contributed by atoms with van der Waals surface area (Å²) in [7, 11) is 1.96. The topological polar surface area (TPSA) is 85.6 Å². The zero-order valence-electron chi connectivity index (χ0n) is 18.1. The first-order chi connectivity index (χ1) is 14.2. The Kier molecular flexibility index (Phi) is 10.5. The molecule has 1 fully saturated rings. The molecule has 2 aromatic rings. The highest BCUT2D eigenvalue weighted by molar-refractivity contribution is 14.0. The number of ether oxygens (including phenoxy) is 2. The number of hydrogen-bond donors (Lipinski definition) is 2. The number of hydrogen-bond acceptors (Lipinski definition) is 5. The third-order valence-electron chi connectivity index (χ3n) is 5.04. The van der Waals surface area contributed by atoms with Crippen LogP contribution in [0.25, 0.3) is 0 Å². The van der Waals surface area contributed by atoms with Gasteiger partial charge < -0.3 is 24.7 Å². The van der Waals surface area contributed by atoms with Crippen molar-refractivity contribution in [2.45, 2.75) is 52.5 Å². The molecule has 0 amide bonds. The largest absolute Gasteiger partial charge is 0.381 e. The van der Waals surface area contributed by atoms with Gasteiger partial charge in [0.1, 0.15) is 5.82 Å². The van der Waals surface area contributed by atoms with Crippen LogP contribution in [-0.2, 0) is 36.2 Å². The Morgan fingerprint density at radius 2 is 1.87 bits per heavy atom. The summed E-state index contributed by atoms with van der Waals surface area (Å²) in [5.41, 5.74) is 2.35. The van der Waals surface area contributed by atoms with Crippen LogP contribution in [0.4, 0.5) is 0 Å². The molecule has 0 bridgehead atoms. The minimum atomic E-state index is 0. The van der Waals surface area contributed by atoms with Crippen molar-refractivity contribution in [3.63, 3.8) is 0 Å². The van der Waals surface area contributed by atoms with Crippen molar-refractivity contribution in [3.05, 3.63) is 47.0 Å². The van der Waals surface area contributed by atoms with Crippen LogP contribution in [0.2, 0.25) is 0 Å². The molecule has 0 saturated carbocycles. The second kappa shape index (κ2) is 12.9. The first-order valence-corrected chi connectivity index (χ1v) is 10.3. The summed E-state index contributed by atoms with van der Waals surface area (Å²) in [6.45, 7) is 8.23. The number of guanidine groups is 1. The van der Waals surface area contributed by atoms with Gasteiger partial charge in [-0.05, 0) is 37.8 Å². The summed E-state index contributed by atoms with van der Waals surface area (Å²) >= 11 is 0. The number of nitrogens with one attached hydrogen (secondary N) is 2. The summed E-state index contributed by atoms with van der Waals surface area (Å²) in [5, 5.41) is 14.8. The van der Waals surface area contributed by atoms with Crippen LogP contribution >= 0.6 is 24.0 Å². The van der Waals surface area contributed by atoms with Crippen LogP contribution in [0, 0.1) is 6.92 Å².